The molecule has 0 aliphatic carbocycles. The number of thioether (sulfide) groups is 1. The van der Waals surface area contributed by atoms with Crippen LogP contribution in [0.1, 0.15) is 38.2 Å². The Morgan fingerprint density at radius 1 is 0.927 bits per heavy atom. The first-order chi connectivity index (χ1) is 20.0. The van der Waals surface area contributed by atoms with Gasteiger partial charge in [-0.2, -0.15) is 0 Å². The Hall–Kier alpha value is -4.55. The number of aromatic nitrogens is 1. The molecule has 6 rings (SSSR count). The van der Waals surface area contributed by atoms with E-state index < -0.39 is 0 Å². The molecule has 2 N–H and O–H groups in total. The molecule has 2 amide bonds. The number of carbonyl (C=O) groups excluding carboxylic acids is 2. The smallest absolute Gasteiger partial charge is 0.265 e. The van der Waals surface area contributed by atoms with Gasteiger partial charge in [0.05, 0.1) is 17.1 Å². The first-order valence-electron chi connectivity index (χ1n) is 13.8. The van der Waals surface area contributed by atoms with E-state index in [0.717, 1.165) is 33.6 Å². The molecule has 1 aliphatic heterocycles. The molecule has 2 heterocycles. The second-order valence-corrected chi connectivity index (χ2v) is 11.5. The highest BCUT2D eigenvalue weighted by Gasteiger charge is 2.29. The van der Waals surface area contributed by atoms with Gasteiger partial charge in [0.25, 0.3) is 11.8 Å². The zero-order valence-corrected chi connectivity index (χ0v) is 23.9. The van der Waals surface area contributed by atoms with Gasteiger partial charge in [-0.1, -0.05) is 78.0 Å². The van der Waals surface area contributed by atoms with Gasteiger partial charge in [0.2, 0.25) is 0 Å². The molecule has 204 valence electrons. The summed E-state index contributed by atoms with van der Waals surface area (Å²) in [5.74, 6) is -0.130. The highest BCUT2D eigenvalue weighted by Crippen LogP contribution is 2.42. The van der Waals surface area contributed by atoms with Gasteiger partial charge in [-0.25, -0.2) is 0 Å². The van der Waals surface area contributed by atoms with Gasteiger partial charge in [0.1, 0.15) is 0 Å². The fraction of sp³-hybridized carbons (Fsp3) is 0.143. The van der Waals surface area contributed by atoms with E-state index in [1.54, 1.807) is 0 Å². The van der Waals surface area contributed by atoms with Gasteiger partial charge >= 0.3 is 0 Å². The van der Waals surface area contributed by atoms with Crippen LogP contribution in [0, 0.1) is 13.8 Å². The largest absolute Gasteiger partial charge is 0.361 e. The van der Waals surface area contributed by atoms with Crippen LogP contribution < -0.4 is 10.2 Å². The molecule has 0 saturated carbocycles. The van der Waals surface area contributed by atoms with Crippen LogP contribution in [0.25, 0.3) is 17.0 Å². The van der Waals surface area contributed by atoms with Crippen molar-refractivity contribution in [3.05, 3.63) is 135 Å². The van der Waals surface area contributed by atoms with Crippen molar-refractivity contribution in [2.75, 3.05) is 11.4 Å². The lowest BCUT2D eigenvalue weighted by Gasteiger charge is -2.31. The molecule has 0 bridgehead atoms. The normalized spacial score (nSPS) is 14.0. The predicted octanol–water partition coefficient (Wildman–Crippen LogP) is 7.44. The van der Waals surface area contributed by atoms with E-state index in [0.29, 0.717) is 23.6 Å². The van der Waals surface area contributed by atoms with Crippen LogP contribution >= 0.6 is 11.8 Å². The summed E-state index contributed by atoms with van der Waals surface area (Å²) in [6.45, 7) is 5.22. The maximum Gasteiger partial charge on any atom is 0.265 e. The molecule has 6 heteroatoms. The lowest BCUT2D eigenvalue weighted by molar-refractivity contribution is -0.114. The summed E-state index contributed by atoms with van der Waals surface area (Å²) in [7, 11) is 0. The summed E-state index contributed by atoms with van der Waals surface area (Å²) in [5, 5.41) is 4.21. The molecular formula is C35H31N3O2S. The van der Waals surface area contributed by atoms with Crippen LogP contribution in [-0.4, -0.2) is 23.3 Å². The number of aryl methyl sites for hydroxylation is 2. The van der Waals surface area contributed by atoms with Gasteiger partial charge in [0, 0.05) is 34.1 Å². The van der Waals surface area contributed by atoms with Crippen molar-refractivity contribution in [3.8, 4) is 0 Å². The van der Waals surface area contributed by atoms with E-state index in [2.05, 4.69) is 60.5 Å². The van der Waals surface area contributed by atoms with Crippen molar-refractivity contribution in [1.29, 1.82) is 0 Å². The molecule has 41 heavy (non-hydrogen) atoms. The van der Waals surface area contributed by atoms with Crippen molar-refractivity contribution in [2.45, 2.75) is 31.7 Å². The Labute approximate surface area is 244 Å². The fourth-order valence-corrected chi connectivity index (χ4v) is 6.25. The number of nitrogens with zero attached hydrogens (tertiary/aromatic N) is 1. The lowest BCUT2D eigenvalue weighted by atomic mass is 10.0. The van der Waals surface area contributed by atoms with E-state index in [4.69, 9.17) is 0 Å². The summed E-state index contributed by atoms with van der Waals surface area (Å²) in [6, 6.07) is 30.0. The van der Waals surface area contributed by atoms with Crippen LogP contribution in [0.3, 0.4) is 0 Å². The molecule has 5 nitrogen and oxygen atoms in total. The lowest BCUT2D eigenvalue weighted by Crippen LogP contribution is -2.34. The molecule has 1 aromatic heterocycles. The van der Waals surface area contributed by atoms with Crippen molar-refractivity contribution < 1.29 is 9.59 Å². The zero-order chi connectivity index (χ0) is 28.3. The third-order valence-electron chi connectivity index (χ3n) is 7.49. The number of fused-ring (bicyclic) bond motifs is 2. The maximum absolute atomic E-state index is 13.7. The molecule has 0 saturated heterocycles. The average molecular weight is 558 g/mol. The van der Waals surface area contributed by atoms with E-state index in [9.17, 15) is 9.59 Å². The van der Waals surface area contributed by atoms with Crippen molar-refractivity contribution >= 4 is 46.2 Å². The van der Waals surface area contributed by atoms with Crippen molar-refractivity contribution in [2.24, 2.45) is 0 Å². The van der Waals surface area contributed by atoms with Gasteiger partial charge in [-0.05, 0) is 78.9 Å². The van der Waals surface area contributed by atoms with E-state index in [1.165, 1.54) is 33.8 Å². The molecular weight excluding hydrogens is 526 g/mol. The average Bonchev–Trinajstić information content (AvgIpc) is 3.40. The zero-order valence-electron chi connectivity index (χ0n) is 23.1. The number of para-hydroxylation sites is 2. The standard InChI is InChI=1S/C35H31N3O2S/c1-23-11-12-24(2)28(19-23)22-38-31-9-5-6-10-32(31)41-33(35(38)40)20-25-13-15-26(16-14-25)34(39)36-18-17-27-21-37-30-8-4-3-7-29(27)30/h3-16,19-21,37H,17-18,22H2,1-2H3,(H,36,39)/b33-20+. The Morgan fingerprint density at radius 2 is 1.71 bits per heavy atom. The quantitative estimate of drug-likeness (QED) is 0.205. The van der Waals surface area contributed by atoms with Crippen molar-refractivity contribution in [3.63, 3.8) is 0 Å². The summed E-state index contributed by atoms with van der Waals surface area (Å²) in [4.78, 5) is 33.4. The van der Waals surface area contributed by atoms with E-state index in [1.807, 2.05) is 71.8 Å². The van der Waals surface area contributed by atoms with Crippen LogP contribution in [0.5, 0.6) is 0 Å². The van der Waals surface area contributed by atoms with Crippen molar-refractivity contribution in [1.82, 2.24) is 10.3 Å². The number of benzene rings is 4. The molecule has 0 atom stereocenters. The Kier molecular flexibility index (Phi) is 7.49. The molecule has 0 spiro atoms. The third-order valence-corrected chi connectivity index (χ3v) is 8.57. The fourth-order valence-electron chi connectivity index (χ4n) is 5.19. The molecule has 0 radical (unpaired) electrons. The van der Waals surface area contributed by atoms with Crippen LogP contribution in [0.2, 0.25) is 0 Å². The number of amides is 2. The number of nitrogens with one attached hydrogen (secondary N) is 2. The highest BCUT2D eigenvalue weighted by molar-refractivity contribution is 8.04. The minimum absolute atomic E-state index is 0.0197. The Bertz CT molecular complexity index is 1790. The molecule has 5 aromatic rings. The Balaban J connectivity index is 1.16. The summed E-state index contributed by atoms with van der Waals surface area (Å²) in [5.41, 5.74) is 8.17. The van der Waals surface area contributed by atoms with Gasteiger partial charge in [-0.15, -0.1) is 0 Å². The van der Waals surface area contributed by atoms with Crippen LogP contribution in [0.15, 0.2) is 107 Å². The molecule has 4 aromatic carbocycles. The maximum atomic E-state index is 13.7. The van der Waals surface area contributed by atoms with E-state index >= 15 is 0 Å². The monoisotopic (exact) mass is 557 g/mol. The third kappa shape index (κ3) is 5.70. The first-order valence-corrected chi connectivity index (χ1v) is 14.6. The summed E-state index contributed by atoms with van der Waals surface area (Å²) < 4.78 is 0. The van der Waals surface area contributed by atoms with Gasteiger partial charge in [-0.3, -0.25) is 9.59 Å². The van der Waals surface area contributed by atoms with Gasteiger partial charge < -0.3 is 15.2 Å². The van der Waals surface area contributed by atoms with Crippen LogP contribution in [-0.2, 0) is 17.8 Å². The van der Waals surface area contributed by atoms with Gasteiger partial charge in [0.15, 0.2) is 0 Å². The topological polar surface area (TPSA) is 65.2 Å². The number of aromatic amines is 1. The minimum atomic E-state index is -0.110. The second-order valence-electron chi connectivity index (χ2n) is 10.4. The SMILES string of the molecule is Cc1ccc(C)c(CN2C(=O)/C(=C\c3ccc(C(=O)NCCc4c[nH]c5ccccc45)cc3)Sc3ccccc32)c1. The molecule has 0 unspecified atom stereocenters. The second kappa shape index (κ2) is 11.5. The number of rotatable bonds is 7. The number of H-pyrrole nitrogens is 1. The number of carbonyl (C=O) groups is 2. The molecule has 1 aliphatic rings. The number of hydrogen-bond donors (Lipinski definition) is 2. The van der Waals surface area contributed by atoms with E-state index in [-0.39, 0.29) is 11.8 Å². The van der Waals surface area contributed by atoms with Crippen LogP contribution in [0.4, 0.5) is 5.69 Å². The number of hydrogen-bond acceptors (Lipinski definition) is 3. The summed E-state index contributed by atoms with van der Waals surface area (Å²) >= 11 is 1.49. The summed E-state index contributed by atoms with van der Waals surface area (Å²) in [6.07, 6.45) is 4.67. The minimum Gasteiger partial charge on any atom is -0.361 e. The molecule has 0 fully saturated rings. The Morgan fingerprint density at radius 3 is 2.56 bits per heavy atom. The predicted molar refractivity (Wildman–Crippen MR) is 168 cm³/mol. The highest BCUT2D eigenvalue weighted by atomic mass is 32.2. The first kappa shape index (κ1) is 26.7. The number of anilines is 1.